The number of benzene rings is 2. The number of aliphatic carboxylic acids is 2. The zero-order chi connectivity index (χ0) is 32.2. The minimum Gasteiger partial charge on any atom is -0.481 e. The lowest BCUT2D eigenvalue weighted by Crippen LogP contribution is -2.42. The summed E-state index contributed by atoms with van der Waals surface area (Å²) in [6.45, 7) is 0.00371. The van der Waals surface area contributed by atoms with Crippen molar-refractivity contribution in [3.8, 4) is 0 Å². The van der Waals surface area contributed by atoms with Crippen molar-refractivity contribution in [2.24, 2.45) is 0 Å². The van der Waals surface area contributed by atoms with E-state index in [9.17, 15) is 28.8 Å². The molecule has 0 radical (unpaired) electrons. The van der Waals surface area contributed by atoms with E-state index in [1.54, 1.807) is 48.5 Å². The van der Waals surface area contributed by atoms with Crippen molar-refractivity contribution >= 4 is 35.7 Å². The Labute approximate surface area is 256 Å². The van der Waals surface area contributed by atoms with Gasteiger partial charge in [-0.15, -0.1) is 0 Å². The highest BCUT2D eigenvalue weighted by molar-refractivity contribution is 5.85. The SMILES string of the molecule is O=C(O)CCC(NC(=O)CCCCCCC(=O)NC(CCC(=O)O)C(=O)OCc1ccccc1)C(=O)OCc1ccccc1. The van der Waals surface area contributed by atoms with Crippen molar-refractivity contribution in [3.05, 3.63) is 71.8 Å². The van der Waals surface area contributed by atoms with Crippen LogP contribution < -0.4 is 10.6 Å². The van der Waals surface area contributed by atoms with Crippen LogP contribution in [0.4, 0.5) is 0 Å². The Kier molecular flexibility index (Phi) is 16.3. The molecule has 0 bridgehead atoms. The highest BCUT2D eigenvalue weighted by Crippen LogP contribution is 2.10. The molecule has 2 atom stereocenters. The van der Waals surface area contributed by atoms with Crippen LogP contribution in [0.5, 0.6) is 0 Å². The number of unbranched alkanes of at least 4 members (excludes halogenated alkanes) is 3. The number of nitrogens with one attached hydrogen (secondary N) is 2. The standard InChI is InChI=1S/C32H40N2O10/c35-27(33-25(17-19-29(37)38)31(41)43-21-23-11-5-3-6-12-23)15-9-1-2-10-16-28(36)34-26(18-20-30(39)40)32(42)44-22-24-13-7-4-8-14-24/h3-8,11-14,25-26H,1-2,9-10,15-22H2,(H,33,35)(H,34,36)(H,37,38)(H,39,40). The molecule has 0 saturated heterocycles. The van der Waals surface area contributed by atoms with E-state index in [0.29, 0.717) is 25.7 Å². The second-order valence-corrected chi connectivity index (χ2v) is 10.2. The molecule has 0 saturated carbocycles. The van der Waals surface area contributed by atoms with Gasteiger partial charge in [-0.25, -0.2) is 9.59 Å². The Morgan fingerprint density at radius 3 is 1.25 bits per heavy atom. The summed E-state index contributed by atoms with van der Waals surface area (Å²) in [5.74, 6) is -4.43. The van der Waals surface area contributed by atoms with Crippen molar-refractivity contribution < 1.29 is 48.5 Å². The fourth-order valence-electron chi connectivity index (χ4n) is 4.15. The first kappa shape index (κ1) is 35.5. The maximum absolute atomic E-state index is 12.5. The van der Waals surface area contributed by atoms with Crippen molar-refractivity contribution in [2.75, 3.05) is 0 Å². The van der Waals surface area contributed by atoms with Crippen LogP contribution >= 0.6 is 0 Å². The second kappa shape index (κ2) is 20.2. The molecule has 0 heterocycles. The zero-order valence-electron chi connectivity index (χ0n) is 24.6. The molecule has 0 fully saturated rings. The average Bonchev–Trinajstić information content (AvgIpc) is 3.01. The molecule has 0 aliphatic rings. The van der Waals surface area contributed by atoms with Gasteiger partial charge in [0, 0.05) is 25.7 Å². The molecular weight excluding hydrogens is 572 g/mol. The Morgan fingerprint density at radius 2 is 0.909 bits per heavy atom. The molecule has 0 aromatic heterocycles. The lowest BCUT2D eigenvalue weighted by molar-refractivity contribution is -0.150. The van der Waals surface area contributed by atoms with E-state index >= 15 is 0 Å². The zero-order valence-corrected chi connectivity index (χ0v) is 24.6. The van der Waals surface area contributed by atoms with Crippen LogP contribution in [-0.2, 0) is 51.5 Å². The van der Waals surface area contributed by atoms with Gasteiger partial charge in [0.2, 0.25) is 11.8 Å². The third kappa shape index (κ3) is 15.5. The van der Waals surface area contributed by atoms with Crippen LogP contribution in [0.15, 0.2) is 60.7 Å². The van der Waals surface area contributed by atoms with Crippen LogP contribution in [0.25, 0.3) is 0 Å². The first-order valence-electron chi connectivity index (χ1n) is 14.6. The summed E-state index contributed by atoms with van der Waals surface area (Å²) < 4.78 is 10.5. The summed E-state index contributed by atoms with van der Waals surface area (Å²) in [5.41, 5.74) is 1.52. The largest absolute Gasteiger partial charge is 0.481 e. The summed E-state index contributed by atoms with van der Waals surface area (Å²) in [7, 11) is 0. The van der Waals surface area contributed by atoms with Crippen molar-refractivity contribution in [1.82, 2.24) is 10.6 Å². The molecule has 2 aromatic carbocycles. The number of ether oxygens (including phenoxy) is 2. The van der Waals surface area contributed by atoms with Gasteiger partial charge in [0.05, 0.1) is 0 Å². The molecule has 4 N–H and O–H groups in total. The molecule has 44 heavy (non-hydrogen) atoms. The molecule has 12 nitrogen and oxygen atoms in total. The molecule has 0 spiro atoms. The number of carboxylic acids is 2. The van der Waals surface area contributed by atoms with Gasteiger partial charge >= 0.3 is 23.9 Å². The normalized spacial score (nSPS) is 11.9. The van der Waals surface area contributed by atoms with Gasteiger partial charge < -0.3 is 30.3 Å². The van der Waals surface area contributed by atoms with E-state index in [1.165, 1.54) is 0 Å². The minimum absolute atomic E-state index is 0.00186. The molecule has 12 heteroatoms. The highest BCUT2D eigenvalue weighted by atomic mass is 16.5. The fraction of sp³-hybridized carbons (Fsp3) is 0.438. The molecule has 2 unspecified atom stereocenters. The number of carbonyl (C=O) groups is 6. The van der Waals surface area contributed by atoms with Crippen molar-refractivity contribution in [1.29, 1.82) is 0 Å². The number of hydrogen-bond donors (Lipinski definition) is 4. The van der Waals surface area contributed by atoms with E-state index in [4.69, 9.17) is 19.7 Å². The first-order chi connectivity index (χ1) is 21.1. The number of amides is 2. The number of rotatable bonds is 21. The maximum atomic E-state index is 12.5. The van der Waals surface area contributed by atoms with E-state index in [0.717, 1.165) is 11.1 Å². The fourth-order valence-corrected chi connectivity index (χ4v) is 4.15. The highest BCUT2D eigenvalue weighted by Gasteiger charge is 2.24. The molecule has 2 amide bonds. The number of hydrogen-bond acceptors (Lipinski definition) is 8. The summed E-state index contributed by atoms with van der Waals surface area (Å²) in [6.07, 6.45) is 1.56. The Morgan fingerprint density at radius 1 is 0.545 bits per heavy atom. The van der Waals surface area contributed by atoms with E-state index in [-0.39, 0.29) is 51.7 Å². The Hall–Kier alpha value is -4.74. The smallest absolute Gasteiger partial charge is 0.328 e. The minimum atomic E-state index is -1.10. The second-order valence-electron chi connectivity index (χ2n) is 10.2. The molecule has 2 aromatic rings. The summed E-state index contributed by atoms with van der Waals surface area (Å²) in [5, 5.41) is 23.1. The predicted molar refractivity (Wildman–Crippen MR) is 158 cm³/mol. The number of esters is 2. The first-order valence-corrected chi connectivity index (χ1v) is 14.6. The molecular formula is C32H40N2O10. The van der Waals surface area contributed by atoms with E-state index in [1.807, 2.05) is 12.1 Å². The summed E-state index contributed by atoms with van der Waals surface area (Å²) in [6, 6.07) is 15.8. The van der Waals surface area contributed by atoms with Crippen LogP contribution in [0.3, 0.4) is 0 Å². The predicted octanol–water partition coefficient (Wildman–Crippen LogP) is 3.51. The van der Waals surface area contributed by atoms with Crippen molar-refractivity contribution in [3.63, 3.8) is 0 Å². The lowest BCUT2D eigenvalue weighted by Gasteiger charge is -2.17. The van der Waals surface area contributed by atoms with Gasteiger partial charge in [-0.1, -0.05) is 73.5 Å². The average molecular weight is 613 g/mol. The van der Waals surface area contributed by atoms with Crippen LogP contribution in [0.2, 0.25) is 0 Å². The van der Waals surface area contributed by atoms with Crippen LogP contribution in [0.1, 0.15) is 75.3 Å². The quantitative estimate of drug-likeness (QED) is 0.120. The Bertz CT molecular complexity index is 1120. The summed E-state index contributed by atoms with van der Waals surface area (Å²) >= 11 is 0. The third-order valence-corrected chi connectivity index (χ3v) is 6.54. The molecule has 2 rings (SSSR count). The van der Waals surface area contributed by atoms with Crippen LogP contribution in [-0.4, -0.2) is 58.0 Å². The monoisotopic (exact) mass is 612 g/mol. The van der Waals surface area contributed by atoms with Gasteiger partial charge in [-0.2, -0.15) is 0 Å². The van der Waals surface area contributed by atoms with Gasteiger partial charge in [0.15, 0.2) is 0 Å². The maximum Gasteiger partial charge on any atom is 0.328 e. The Balaban J connectivity index is 1.70. The van der Waals surface area contributed by atoms with E-state index < -0.39 is 47.8 Å². The van der Waals surface area contributed by atoms with Crippen molar-refractivity contribution in [2.45, 2.75) is 89.5 Å². The van der Waals surface area contributed by atoms with Crippen LogP contribution in [0, 0.1) is 0 Å². The van der Waals surface area contributed by atoms with Gasteiger partial charge in [-0.3, -0.25) is 19.2 Å². The third-order valence-electron chi connectivity index (χ3n) is 6.54. The summed E-state index contributed by atoms with van der Waals surface area (Å²) in [4.78, 5) is 71.9. The van der Waals surface area contributed by atoms with Gasteiger partial charge in [0.1, 0.15) is 25.3 Å². The van der Waals surface area contributed by atoms with E-state index in [2.05, 4.69) is 10.6 Å². The molecule has 0 aliphatic carbocycles. The molecule has 238 valence electrons. The molecule has 0 aliphatic heterocycles. The number of carboxylic acid groups (broad SMARTS) is 2. The topological polar surface area (TPSA) is 185 Å². The van der Waals surface area contributed by atoms with Gasteiger partial charge in [0.25, 0.3) is 0 Å². The van der Waals surface area contributed by atoms with Gasteiger partial charge in [-0.05, 0) is 36.8 Å². The number of carbonyl (C=O) groups excluding carboxylic acids is 4. The lowest BCUT2D eigenvalue weighted by atomic mass is 10.1.